The molecule has 0 saturated carbocycles. The Labute approximate surface area is 121 Å². The van der Waals surface area contributed by atoms with Crippen LogP contribution in [0.5, 0.6) is 0 Å². The number of rotatable bonds is 4. The Morgan fingerprint density at radius 2 is 1.85 bits per heavy atom. The molecule has 0 saturated heterocycles. The molecule has 1 aromatic carbocycles. The molecule has 1 atom stereocenters. The lowest BCUT2D eigenvalue weighted by Gasteiger charge is -2.18. The fourth-order valence-electron chi connectivity index (χ4n) is 2.18. The number of nitrogens with one attached hydrogen (secondary N) is 1. The van der Waals surface area contributed by atoms with Crippen LogP contribution in [0.25, 0.3) is 11.3 Å². The van der Waals surface area contributed by atoms with Crippen molar-refractivity contribution in [3.05, 3.63) is 41.6 Å². The van der Waals surface area contributed by atoms with Gasteiger partial charge in [-0.1, -0.05) is 52.0 Å². The molecule has 0 bridgehead atoms. The van der Waals surface area contributed by atoms with Crippen LogP contribution in [0, 0.1) is 0 Å². The third-order valence-corrected chi connectivity index (χ3v) is 3.68. The summed E-state index contributed by atoms with van der Waals surface area (Å²) in [6.07, 6.45) is 1.83. The topological polar surface area (TPSA) is 54.7 Å². The van der Waals surface area contributed by atoms with E-state index in [0.29, 0.717) is 0 Å². The van der Waals surface area contributed by atoms with Crippen molar-refractivity contribution in [2.45, 2.75) is 52.0 Å². The highest BCUT2D eigenvalue weighted by Crippen LogP contribution is 2.25. The first-order valence-corrected chi connectivity index (χ1v) is 7.31. The van der Waals surface area contributed by atoms with E-state index in [-0.39, 0.29) is 11.5 Å². The van der Waals surface area contributed by atoms with Gasteiger partial charge in [0, 0.05) is 23.7 Å². The van der Waals surface area contributed by atoms with Gasteiger partial charge in [-0.2, -0.15) is 5.10 Å². The molecule has 3 nitrogen and oxygen atoms in total. The van der Waals surface area contributed by atoms with Crippen molar-refractivity contribution in [2.24, 2.45) is 5.73 Å². The minimum Gasteiger partial charge on any atom is -0.327 e. The Hall–Kier alpha value is -1.61. The molecule has 3 heteroatoms. The number of hydrogen-bond donors (Lipinski definition) is 2. The van der Waals surface area contributed by atoms with E-state index in [2.05, 4.69) is 68.2 Å². The van der Waals surface area contributed by atoms with Crippen molar-refractivity contribution >= 4 is 0 Å². The minimum absolute atomic E-state index is 0.184. The zero-order chi connectivity index (χ0) is 14.8. The molecule has 0 spiro atoms. The lowest BCUT2D eigenvalue weighted by molar-refractivity contribution is 0.590. The first-order valence-electron chi connectivity index (χ1n) is 7.31. The van der Waals surface area contributed by atoms with Crippen molar-refractivity contribution in [3.63, 3.8) is 0 Å². The van der Waals surface area contributed by atoms with Gasteiger partial charge in [0.1, 0.15) is 0 Å². The maximum absolute atomic E-state index is 5.97. The predicted octanol–water partition coefficient (Wildman–Crippen LogP) is 3.65. The fourth-order valence-corrected chi connectivity index (χ4v) is 2.18. The third-order valence-electron chi connectivity index (χ3n) is 3.68. The van der Waals surface area contributed by atoms with Gasteiger partial charge in [0.05, 0.1) is 5.69 Å². The van der Waals surface area contributed by atoms with Gasteiger partial charge in [-0.3, -0.25) is 5.10 Å². The summed E-state index contributed by atoms with van der Waals surface area (Å²) in [6, 6.07) is 10.9. The largest absolute Gasteiger partial charge is 0.327 e. The van der Waals surface area contributed by atoms with Crippen LogP contribution in [0.2, 0.25) is 0 Å². The van der Waals surface area contributed by atoms with Gasteiger partial charge in [0.2, 0.25) is 0 Å². The molecule has 1 heterocycles. The van der Waals surface area contributed by atoms with Gasteiger partial charge in [0.25, 0.3) is 0 Å². The molecule has 1 aromatic heterocycles. The van der Waals surface area contributed by atoms with Crippen LogP contribution >= 0.6 is 0 Å². The van der Waals surface area contributed by atoms with E-state index in [1.165, 1.54) is 5.56 Å². The Kier molecular flexibility index (Phi) is 4.29. The van der Waals surface area contributed by atoms with Crippen LogP contribution in [0.1, 0.15) is 45.4 Å². The SMILES string of the molecule is CCC(N)Cc1cc(-c2ccc(C(C)(C)C)cc2)n[nH]1. The number of benzene rings is 1. The average molecular weight is 271 g/mol. The average Bonchev–Trinajstić information content (AvgIpc) is 2.86. The summed E-state index contributed by atoms with van der Waals surface area (Å²) in [5.41, 5.74) is 10.7. The Morgan fingerprint density at radius 3 is 2.40 bits per heavy atom. The van der Waals surface area contributed by atoms with Crippen LogP contribution in [0.4, 0.5) is 0 Å². The Morgan fingerprint density at radius 1 is 1.20 bits per heavy atom. The van der Waals surface area contributed by atoms with E-state index < -0.39 is 0 Å². The zero-order valence-corrected chi connectivity index (χ0v) is 12.9. The fraction of sp³-hybridized carbons (Fsp3) is 0.471. The normalized spacial score (nSPS) is 13.4. The van der Waals surface area contributed by atoms with Gasteiger partial charge >= 0.3 is 0 Å². The van der Waals surface area contributed by atoms with Gasteiger partial charge in [-0.25, -0.2) is 0 Å². The van der Waals surface area contributed by atoms with Crippen molar-refractivity contribution < 1.29 is 0 Å². The van der Waals surface area contributed by atoms with Crippen LogP contribution in [-0.4, -0.2) is 16.2 Å². The summed E-state index contributed by atoms with van der Waals surface area (Å²) in [5.74, 6) is 0. The molecule has 20 heavy (non-hydrogen) atoms. The van der Waals surface area contributed by atoms with E-state index in [1.54, 1.807) is 0 Å². The molecule has 0 aliphatic rings. The van der Waals surface area contributed by atoms with E-state index in [9.17, 15) is 0 Å². The highest BCUT2D eigenvalue weighted by Gasteiger charge is 2.13. The molecule has 0 aliphatic heterocycles. The van der Waals surface area contributed by atoms with Gasteiger partial charge < -0.3 is 5.73 Å². The van der Waals surface area contributed by atoms with E-state index >= 15 is 0 Å². The molecule has 0 amide bonds. The molecule has 3 N–H and O–H groups in total. The number of hydrogen-bond acceptors (Lipinski definition) is 2. The summed E-state index contributed by atoms with van der Waals surface area (Å²) < 4.78 is 0. The number of aromatic nitrogens is 2. The van der Waals surface area contributed by atoms with Crippen molar-refractivity contribution in [2.75, 3.05) is 0 Å². The summed E-state index contributed by atoms with van der Waals surface area (Å²) in [4.78, 5) is 0. The molecule has 108 valence electrons. The smallest absolute Gasteiger partial charge is 0.0923 e. The Bertz CT molecular complexity index is 546. The molecule has 0 aliphatic carbocycles. The first-order chi connectivity index (χ1) is 9.40. The Balaban J connectivity index is 2.16. The van der Waals surface area contributed by atoms with Crippen molar-refractivity contribution in [3.8, 4) is 11.3 Å². The molecule has 2 aromatic rings. The highest BCUT2D eigenvalue weighted by atomic mass is 15.1. The van der Waals surface area contributed by atoms with Crippen molar-refractivity contribution in [1.29, 1.82) is 0 Å². The molecule has 1 unspecified atom stereocenters. The molecule has 2 rings (SSSR count). The number of nitrogens with two attached hydrogens (primary N) is 1. The van der Waals surface area contributed by atoms with Gasteiger partial charge in [-0.05, 0) is 23.5 Å². The summed E-state index contributed by atoms with van der Waals surface area (Å²) >= 11 is 0. The van der Waals surface area contributed by atoms with E-state index in [4.69, 9.17) is 5.73 Å². The van der Waals surface area contributed by atoms with Crippen LogP contribution in [-0.2, 0) is 11.8 Å². The van der Waals surface area contributed by atoms with Crippen LogP contribution in [0.3, 0.4) is 0 Å². The lowest BCUT2D eigenvalue weighted by atomic mass is 9.86. The summed E-state index contributed by atoms with van der Waals surface area (Å²) in [6.45, 7) is 8.77. The van der Waals surface area contributed by atoms with Crippen molar-refractivity contribution in [1.82, 2.24) is 10.2 Å². The highest BCUT2D eigenvalue weighted by molar-refractivity contribution is 5.60. The van der Waals surface area contributed by atoms with E-state index in [0.717, 1.165) is 29.8 Å². The zero-order valence-electron chi connectivity index (χ0n) is 12.9. The van der Waals surface area contributed by atoms with E-state index in [1.807, 2.05) is 0 Å². The molecular weight excluding hydrogens is 246 g/mol. The summed E-state index contributed by atoms with van der Waals surface area (Å²) in [5, 5.41) is 7.47. The van der Waals surface area contributed by atoms with Gasteiger partial charge in [-0.15, -0.1) is 0 Å². The standard InChI is InChI=1S/C17H25N3/c1-5-14(18)10-15-11-16(20-19-15)12-6-8-13(9-7-12)17(2,3)4/h6-9,11,14H,5,10,18H2,1-4H3,(H,19,20). The van der Waals surface area contributed by atoms with Crippen LogP contribution in [0.15, 0.2) is 30.3 Å². The van der Waals surface area contributed by atoms with Gasteiger partial charge in [0.15, 0.2) is 0 Å². The number of aromatic amines is 1. The predicted molar refractivity (Wildman–Crippen MR) is 84.7 cm³/mol. The first kappa shape index (κ1) is 14.8. The number of nitrogens with zero attached hydrogens (tertiary/aromatic N) is 1. The molecule has 0 radical (unpaired) electrons. The number of H-pyrrole nitrogens is 1. The second-order valence-corrected chi connectivity index (χ2v) is 6.48. The second kappa shape index (κ2) is 5.80. The second-order valence-electron chi connectivity index (χ2n) is 6.48. The maximum atomic E-state index is 5.97. The minimum atomic E-state index is 0.184. The summed E-state index contributed by atoms with van der Waals surface area (Å²) in [7, 11) is 0. The molecule has 0 fully saturated rings. The van der Waals surface area contributed by atoms with Crippen LogP contribution < -0.4 is 5.73 Å². The maximum Gasteiger partial charge on any atom is 0.0923 e. The lowest BCUT2D eigenvalue weighted by Crippen LogP contribution is -2.21. The monoisotopic (exact) mass is 271 g/mol. The quantitative estimate of drug-likeness (QED) is 0.891. The molecular formula is C17H25N3. The third kappa shape index (κ3) is 3.48.